The normalized spacial score (nSPS) is 10.6. The predicted octanol–water partition coefficient (Wildman–Crippen LogP) is -0.834. The average Bonchev–Trinajstić information content (AvgIpc) is 1.63. The summed E-state index contributed by atoms with van der Waals surface area (Å²) < 4.78 is 23.1. The van der Waals surface area contributed by atoms with Crippen LogP contribution in [0.4, 0.5) is 0 Å². The molecule has 0 aromatic carbocycles. The molecule has 1 radical (unpaired) electrons. The number of carboxylic acids is 1. The summed E-state index contributed by atoms with van der Waals surface area (Å²) in [5, 5.41) is 8.00. The molecule has 1 N–H and O–H groups in total. The van der Waals surface area contributed by atoms with Crippen LogP contribution in [0.2, 0.25) is 0 Å². The second-order valence-electron chi connectivity index (χ2n) is 1.18. The molecule has 5 nitrogen and oxygen atoms in total. The fourth-order valence-electron chi connectivity index (χ4n) is 0.151. The third-order valence-corrected chi connectivity index (χ3v) is 0.936. The van der Waals surface area contributed by atoms with Crippen molar-refractivity contribution in [2.24, 2.45) is 0 Å². The van der Waals surface area contributed by atoms with E-state index in [4.69, 9.17) is 5.11 Å². The van der Waals surface area contributed by atoms with Crippen LogP contribution in [-0.4, -0.2) is 19.5 Å². The smallest absolute Gasteiger partial charge is 0.341 e. The third kappa shape index (κ3) is 3.92. The molecule has 0 unspecified atom stereocenters. The van der Waals surface area contributed by atoms with Crippen LogP contribution >= 0.6 is 0 Å². The number of rotatable bonds is 3. The summed E-state index contributed by atoms with van der Waals surface area (Å²) in [6.07, 6.45) is -0.550. The van der Waals surface area contributed by atoms with Gasteiger partial charge >= 0.3 is 5.97 Å². The molecule has 0 saturated heterocycles. The van der Waals surface area contributed by atoms with Crippen molar-refractivity contribution in [2.45, 2.75) is 6.92 Å². The summed E-state index contributed by atoms with van der Waals surface area (Å²) >= 11 is 0. The molecule has 0 bridgehead atoms. The van der Waals surface area contributed by atoms with Gasteiger partial charge in [0.05, 0.1) is 0 Å². The van der Waals surface area contributed by atoms with Gasteiger partial charge in [-0.05, 0) is 6.92 Å². The summed E-state index contributed by atoms with van der Waals surface area (Å²) in [6.45, 7) is 1.05. The highest BCUT2D eigenvalue weighted by Crippen LogP contribution is 1.98. The molecular weight excluding hydrogens is 148 g/mol. The van der Waals surface area contributed by atoms with Crippen molar-refractivity contribution in [3.05, 3.63) is 6.10 Å². The van der Waals surface area contributed by atoms with Gasteiger partial charge in [0, 0.05) is 0 Å². The Bertz CT molecular complexity index is 163. The predicted molar refractivity (Wildman–Crippen MR) is 28.0 cm³/mol. The number of carbonyl (C=O) groups is 1. The molecule has 0 fully saturated rings. The van der Waals surface area contributed by atoms with Crippen molar-refractivity contribution in [1.29, 1.82) is 0 Å². The van der Waals surface area contributed by atoms with E-state index in [1.54, 1.807) is 0 Å². The van der Waals surface area contributed by atoms with Gasteiger partial charge in [0.1, 0.15) is 0 Å². The average molecular weight is 153 g/mol. The van der Waals surface area contributed by atoms with Gasteiger partial charge in [-0.3, -0.25) is 0 Å². The van der Waals surface area contributed by atoms with Crippen molar-refractivity contribution in [1.82, 2.24) is 0 Å². The fraction of sp³-hybridized carbons (Fsp3) is 0.333. The van der Waals surface area contributed by atoms with E-state index in [0.717, 1.165) is 6.92 Å². The molecule has 0 aromatic heterocycles. The molecule has 0 aliphatic rings. The minimum absolute atomic E-state index is 0.550. The van der Waals surface area contributed by atoms with Gasteiger partial charge in [-0.2, -0.15) is 0 Å². The van der Waals surface area contributed by atoms with Crippen molar-refractivity contribution in [2.75, 3.05) is 0 Å². The van der Waals surface area contributed by atoms with Gasteiger partial charge in [-0.15, -0.1) is 0 Å². The molecule has 0 rings (SSSR count). The maximum absolute atomic E-state index is 9.81. The van der Waals surface area contributed by atoms with Crippen LogP contribution in [0.5, 0.6) is 0 Å². The van der Waals surface area contributed by atoms with Gasteiger partial charge in [-0.1, -0.05) is 0 Å². The number of hydrogen-bond acceptors (Lipinski definition) is 4. The monoisotopic (exact) mass is 153 g/mol. The van der Waals surface area contributed by atoms with Crippen molar-refractivity contribution in [3.63, 3.8) is 0 Å². The van der Waals surface area contributed by atoms with Crippen LogP contribution in [0.1, 0.15) is 6.92 Å². The van der Waals surface area contributed by atoms with E-state index >= 15 is 0 Å². The van der Waals surface area contributed by atoms with E-state index in [9.17, 15) is 13.2 Å². The first kappa shape index (κ1) is 8.38. The van der Waals surface area contributed by atoms with E-state index < -0.39 is 23.1 Å². The maximum Gasteiger partial charge on any atom is 0.341 e. The first-order valence-electron chi connectivity index (χ1n) is 1.93. The van der Waals surface area contributed by atoms with Gasteiger partial charge in [-0.25, -0.2) is 17.4 Å². The number of hydrogen-bond donors (Lipinski definition) is 2. The minimum atomic E-state index is -3.09. The standard InChI is InChI=1S/C3H5O5S/c1-2(3(4)5)8-9(6)7/h9H,1H3,(H,4,5). The Morgan fingerprint density at radius 2 is 2.00 bits per heavy atom. The molecule has 0 atom stereocenters. The zero-order valence-corrected chi connectivity index (χ0v) is 5.42. The molecule has 0 aliphatic carbocycles. The number of aliphatic carboxylic acids is 1. The highest BCUT2D eigenvalue weighted by atomic mass is 32.2. The topological polar surface area (TPSA) is 80.7 Å². The number of carboxylic acid groups (broad SMARTS) is 1. The summed E-state index contributed by atoms with van der Waals surface area (Å²) in [6, 6.07) is 0. The SMILES string of the molecule is C[C](O[SH](=O)=O)C(=O)O. The summed E-state index contributed by atoms with van der Waals surface area (Å²) in [4.78, 5) is 9.81. The van der Waals surface area contributed by atoms with Crippen LogP contribution in [0.25, 0.3) is 0 Å². The van der Waals surface area contributed by atoms with Crippen molar-refractivity contribution < 1.29 is 22.5 Å². The lowest BCUT2D eigenvalue weighted by atomic mass is 10.4. The molecule has 0 aliphatic heterocycles. The van der Waals surface area contributed by atoms with Crippen LogP contribution in [0.3, 0.4) is 0 Å². The fourth-order valence-corrected chi connectivity index (χ4v) is 0.453. The van der Waals surface area contributed by atoms with Crippen LogP contribution < -0.4 is 0 Å². The van der Waals surface area contributed by atoms with E-state index in [1.807, 2.05) is 0 Å². The van der Waals surface area contributed by atoms with E-state index in [2.05, 4.69) is 4.18 Å². The minimum Gasteiger partial charge on any atom is -0.479 e. The molecule has 0 aromatic rings. The Hall–Kier alpha value is -0.620. The zero-order valence-electron chi connectivity index (χ0n) is 4.53. The molecule has 0 amide bonds. The molecule has 0 heterocycles. The Balaban J connectivity index is 3.77. The molecule has 0 spiro atoms. The van der Waals surface area contributed by atoms with Gasteiger partial charge in [0.25, 0.3) is 11.0 Å². The highest BCUT2D eigenvalue weighted by molar-refractivity contribution is 7.67. The van der Waals surface area contributed by atoms with Gasteiger partial charge < -0.3 is 5.11 Å². The highest BCUT2D eigenvalue weighted by Gasteiger charge is 2.13. The molecule has 6 heteroatoms. The first-order chi connectivity index (χ1) is 4.04. The lowest BCUT2D eigenvalue weighted by molar-refractivity contribution is -0.138. The van der Waals surface area contributed by atoms with Gasteiger partial charge in [0.2, 0.25) is 6.10 Å². The largest absolute Gasteiger partial charge is 0.479 e. The summed E-state index contributed by atoms with van der Waals surface area (Å²) in [5.74, 6) is -1.38. The van der Waals surface area contributed by atoms with Crippen LogP contribution in [0, 0.1) is 6.10 Å². The van der Waals surface area contributed by atoms with E-state index in [1.165, 1.54) is 0 Å². The van der Waals surface area contributed by atoms with Crippen LogP contribution in [-0.2, 0) is 20.0 Å². The Labute approximate surface area is 53.4 Å². The Morgan fingerprint density at radius 1 is 1.56 bits per heavy atom. The number of thiol groups is 1. The lowest BCUT2D eigenvalue weighted by Crippen LogP contribution is -2.09. The third-order valence-electron chi connectivity index (χ3n) is 0.513. The van der Waals surface area contributed by atoms with E-state index in [-0.39, 0.29) is 0 Å². The summed E-state index contributed by atoms with van der Waals surface area (Å²) in [5.41, 5.74) is 0. The maximum atomic E-state index is 9.81. The zero-order chi connectivity index (χ0) is 7.44. The Morgan fingerprint density at radius 3 is 2.11 bits per heavy atom. The first-order valence-corrected chi connectivity index (χ1v) is 3.03. The Kier molecular flexibility index (Phi) is 3.18. The second kappa shape index (κ2) is 3.41. The molecule has 53 valence electrons. The molecule has 0 saturated carbocycles. The van der Waals surface area contributed by atoms with Crippen molar-refractivity contribution in [3.8, 4) is 0 Å². The summed E-state index contributed by atoms with van der Waals surface area (Å²) in [7, 11) is -3.09. The lowest BCUT2D eigenvalue weighted by Gasteiger charge is -1.96. The van der Waals surface area contributed by atoms with Gasteiger partial charge in [0.15, 0.2) is 0 Å². The van der Waals surface area contributed by atoms with Crippen molar-refractivity contribution >= 4 is 17.0 Å². The van der Waals surface area contributed by atoms with Crippen LogP contribution in [0.15, 0.2) is 0 Å². The second-order valence-corrected chi connectivity index (χ2v) is 1.81. The molecule has 9 heavy (non-hydrogen) atoms. The quantitative estimate of drug-likeness (QED) is 0.517. The van der Waals surface area contributed by atoms with E-state index in [0.29, 0.717) is 0 Å². The molecular formula is C3H5O5S.